The van der Waals surface area contributed by atoms with E-state index in [0.717, 1.165) is 6.33 Å². The first-order valence-corrected chi connectivity index (χ1v) is 11.6. The fourth-order valence-corrected chi connectivity index (χ4v) is 5.82. The molecular formula is C12H11Cl2N5O4S3. The molecule has 3 rings (SSSR count). The van der Waals surface area contributed by atoms with E-state index in [1.807, 2.05) is 0 Å². The van der Waals surface area contributed by atoms with E-state index in [4.69, 9.17) is 23.2 Å². The summed E-state index contributed by atoms with van der Waals surface area (Å²) in [4.78, 5) is 3.56. The molecule has 0 amide bonds. The molecule has 26 heavy (non-hydrogen) atoms. The van der Waals surface area contributed by atoms with Gasteiger partial charge in [-0.3, -0.25) is 9.44 Å². The monoisotopic (exact) mass is 455 g/mol. The third kappa shape index (κ3) is 4.09. The number of hydrogen-bond acceptors (Lipinski definition) is 7. The lowest BCUT2D eigenvalue weighted by atomic mass is 10.3. The Labute approximate surface area is 163 Å². The average molecular weight is 456 g/mol. The third-order valence-corrected chi connectivity index (χ3v) is 8.14. The summed E-state index contributed by atoms with van der Waals surface area (Å²) in [5, 5.41) is 5.34. The largest absolute Gasteiger partial charge is 0.297 e. The molecule has 2 heterocycles. The maximum absolute atomic E-state index is 12.5. The second-order valence-corrected chi connectivity index (χ2v) is 10.4. The molecule has 0 saturated heterocycles. The normalized spacial score (nSPS) is 14.9. The van der Waals surface area contributed by atoms with Crippen molar-refractivity contribution in [3.05, 3.63) is 38.8 Å². The van der Waals surface area contributed by atoms with Crippen molar-refractivity contribution in [2.24, 2.45) is 0 Å². The molecule has 3 N–H and O–H groups in total. The number of H-pyrrole nitrogens is 1. The Balaban J connectivity index is 1.99. The van der Waals surface area contributed by atoms with Gasteiger partial charge >= 0.3 is 0 Å². The van der Waals surface area contributed by atoms with Crippen LogP contribution in [0.5, 0.6) is 0 Å². The fourth-order valence-electron chi connectivity index (χ4n) is 2.01. The number of allylic oxidation sites excluding steroid dienone is 1. The van der Waals surface area contributed by atoms with E-state index < -0.39 is 25.2 Å². The number of benzene rings is 1. The number of hydrogen-bond donors (Lipinski definition) is 3. The van der Waals surface area contributed by atoms with Gasteiger partial charge in [-0.15, -0.1) is 11.8 Å². The van der Waals surface area contributed by atoms with Gasteiger partial charge in [-0.1, -0.05) is 29.3 Å². The molecular weight excluding hydrogens is 445 g/mol. The fraction of sp³-hybridized carbons (Fsp3) is 0.167. The lowest BCUT2D eigenvalue weighted by molar-refractivity contribution is 0.593. The van der Waals surface area contributed by atoms with Gasteiger partial charge in [0.05, 0.1) is 21.4 Å². The molecule has 0 bridgehead atoms. The van der Waals surface area contributed by atoms with Crippen LogP contribution in [0.15, 0.2) is 33.9 Å². The molecule has 140 valence electrons. The van der Waals surface area contributed by atoms with Gasteiger partial charge in [0.15, 0.2) is 0 Å². The van der Waals surface area contributed by atoms with Crippen molar-refractivity contribution in [2.75, 3.05) is 15.2 Å². The summed E-state index contributed by atoms with van der Waals surface area (Å²) in [6, 6.07) is 2.42. The Hall–Kier alpha value is -1.47. The van der Waals surface area contributed by atoms with E-state index in [0.29, 0.717) is 12.2 Å². The highest BCUT2D eigenvalue weighted by molar-refractivity contribution is 8.19. The summed E-state index contributed by atoms with van der Waals surface area (Å²) >= 11 is 13.1. The van der Waals surface area contributed by atoms with Crippen molar-refractivity contribution in [2.45, 2.75) is 11.6 Å². The number of nitrogens with one attached hydrogen (secondary N) is 3. The Morgan fingerprint density at radius 1 is 1.04 bits per heavy atom. The number of halogens is 2. The van der Waals surface area contributed by atoms with Crippen LogP contribution in [0, 0.1) is 0 Å². The van der Waals surface area contributed by atoms with E-state index in [2.05, 4.69) is 24.6 Å². The topological polar surface area (TPSA) is 134 Å². The van der Waals surface area contributed by atoms with Crippen LogP contribution in [-0.2, 0) is 20.0 Å². The van der Waals surface area contributed by atoms with Crippen LogP contribution in [0.25, 0.3) is 0 Å². The quantitative estimate of drug-likeness (QED) is 0.608. The number of sulfonamides is 2. The predicted octanol–water partition coefficient (Wildman–Crippen LogP) is 2.63. The van der Waals surface area contributed by atoms with Gasteiger partial charge in [0, 0.05) is 5.75 Å². The van der Waals surface area contributed by atoms with Crippen LogP contribution < -0.4 is 9.44 Å². The zero-order valence-corrected chi connectivity index (χ0v) is 16.7. The number of rotatable bonds is 6. The summed E-state index contributed by atoms with van der Waals surface area (Å²) < 4.78 is 54.3. The van der Waals surface area contributed by atoms with Crippen molar-refractivity contribution in [1.82, 2.24) is 15.2 Å². The maximum atomic E-state index is 12.5. The average Bonchev–Trinajstić information content (AvgIpc) is 3.24. The minimum atomic E-state index is -4.13. The van der Waals surface area contributed by atoms with Gasteiger partial charge in [0.25, 0.3) is 25.2 Å². The maximum Gasteiger partial charge on any atom is 0.297 e. The van der Waals surface area contributed by atoms with E-state index in [1.54, 1.807) is 6.08 Å². The van der Waals surface area contributed by atoms with Gasteiger partial charge in [0.1, 0.15) is 10.6 Å². The Bertz CT molecular complexity index is 1070. The molecule has 0 spiro atoms. The molecule has 14 heteroatoms. The first-order valence-electron chi connectivity index (χ1n) is 6.92. The molecule has 0 atom stereocenters. The zero-order chi connectivity index (χ0) is 18.9. The Kier molecular flexibility index (Phi) is 5.40. The second-order valence-electron chi connectivity index (χ2n) is 4.97. The van der Waals surface area contributed by atoms with Gasteiger partial charge in [-0.05, 0) is 18.6 Å². The molecule has 1 aliphatic rings. The van der Waals surface area contributed by atoms with E-state index in [1.165, 1.54) is 23.9 Å². The summed E-state index contributed by atoms with van der Waals surface area (Å²) in [6.45, 7) is 0. The van der Waals surface area contributed by atoms with Gasteiger partial charge in [-0.2, -0.15) is 13.5 Å². The third-order valence-electron chi connectivity index (χ3n) is 3.13. The van der Waals surface area contributed by atoms with E-state index in [-0.39, 0.29) is 25.7 Å². The molecule has 0 radical (unpaired) electrons. The highest BCUT2D eigenvalue weighted by Gasteiger charge is 2.25. The molecule has 1 aromatic carbocycles. The van der Waals surface area contributed by atoms with Crippen molar-refractivity contribution < 1.29 is 16.8 Å². The molecule has 1 aliphatic heterocycles. The van der Waals surface area contributed by atoms with Gasteiger partial charge < -0.3 is 0 Å². The number of anilines is 2. The summed E-state index contributed by atoms with van der Waals surface area (Å²) in [6.07, 6.45) is 3.24. The molecule has 1 aromatic heterocycles. The van der Waals surface area contributed by atoms with Crippen LogP contribution in [0.4, 0.5) is 11.4 Å². The lowest BCUT2D eigenvalue weighted by Gasteiger charge is -2.15. The SMILES string of the molecule is O=S(=O)(Nc1cc(Cl)c(Cl)cc1NS(=O)(=O)c1ncn[nH]1)C1=CCCS1. The highest BCUT2D eigenvalue weighted by Crippen LogP contribution is 2.37. The lowest BCUT2D eigenvalue weighted by Crippen LogP contribution is -2.18. The van der Waals surface area contributed by atoms with Crippen molar-refractivity contribution in [1.29, 1.82) is 0 Å². The van der Waals surface area contributed by atoms with Crippen LogP contribution in [0.3, 0.4) is 0 Å². The highest BCUT2D eigenvalue weighted by atomic mass is 35.5. The minimum Gasteiger partial charge on any atom is -0.277 e. The van der Waals surface area contributed by atoms with Crippen LogP contribution >= 0.6 is 35.0 Å². The van der Waals surface area contributed by atoms with Gasteiger partial charge in [0.2, 0.25) is 0 Å². The Morgan fingerprint density at radius 3 is 2.15 bits per heavy atom. The van der Waals surface area contributed by atoms with Crippen molar-refractivity contribution in [3.8, 4) is 0 Å². The van der Waals surface area contributed by atoms with E-state index in [9.17, 15) is 16.8 Å². The second kappa shape index (κ2) is 7.27. The standard InChI is InChI=1S/C12H11Cl2N5O4S3/c13-7-4-9(18-25(20,21)11-2-1-3-24-11)10(5-8(7)14)19-26(22,23)12-15-6-16-17-12/h2,4-6,18-19H,1,3H2,(H,15,16,17). The van der Waals surface area contributed by atoms with Crippen LogP contribution in [0.1, 0.15) is 6.42 Å². The van der Waals surface area contributed by atoms with Crippen molar-refractivity contribution in [3.63, 3.8) is 0 Å². The number of aromatic amines is 1. The molecule has 2 aromatic rings. The first-order chi connectivity index (χ1) is 12.2. The van der Waals surface area contributed by atoms with Crippen LogP contribution in [0.2, 0.25) is 10.0 Å². The van der Waals surface area contributed by atoms with Crippen LogP contribution in [-0.4, -0.2) is 37.8 Å². The zero-order valence-electron chi connectivity index (χ0n) is 12.7. The molecule has 0 aliphatic carbocycles. The van der Waals surface area contributed by atoms with E-state index >= 15 is 0 Å². The smallest absolute Gasteiger partial charge is 0.277 e. The molecule has 9 nitrogen and oxygen atoms in total. The summed E-state index contributed by atoms with van der Waals surface area (Å²) in [5.41, 5.74) is -0.182. The first kappa shape index (κ1) is 19.3. The number of aromatic nitrogens is 3. The molecule has 0 fully saturated rings. The predicted molar refractivity (Wildman–Crippen MR) is 101 cm³/mol. The van der Waals surface area contributed by atoms with Crippen molar-refractivity contribution >= 4 is 66.4 Å². The molecule has 0 unspecified atom stereocenters. The number of thioether (sulfide) groups is 1. The van der Waals surface area contributed by atoms with Gasteiger partial charge in [-0.25, -0.2) is 18.5 Å². The minimum absolute atomic E-state index is 0.0411. The summed E-state index contributed by atoms with van der Waals surface area (Å²) in [5.74, 6) is 0.655. The summed E-state index contributed by atoms with van der Waals surface area (Å²) in [7, 11) is -8.01. The Morgan fingerprint density at radius 2 is 1.65 bits per heavy atom. The number of nitrogens with zero attached hydrogens (tertiary/aromatic N) is 2. The molecule has 0 saturated carbocycles.